The first kappa shape index (κ1) is 26.4. The minimum absolute atomic E-state index is 0.262. The maximum atomic E-state index is 14.2. The maximum absolute atomic E-state index is 14.2. The van der Waals surface area contributed by atoms with Gasteiger partial charge < -0.3 is 9.84 Å². The number of aromatic nitrogens is 1. The predicted octanol–water partition coefficient (Wildman–Crippen LogP) is 5.90. The quantitative estimate of drug-likeness (QED) is 0.325. The number of morpholine rings is 1. The Morgan fingerprint density at radius 3 is 2.62 bits per heavy atom. The lowest BCUT2D eigenvalue weighted by molar-refractivity contribution is 0.0401. The highest BCUT2D eigenvalue weighted by Crippen LogP contribution is 2.49. The minimum atomic E-state index is -1.13. The van der Waals surface area contributed by atoms with Gasteiger partial charge in [0, 0.05) is 45.7 Å². The number of aliphatic imine (C=N–C) groups is 1. The molecule has 7 nitrogen and oxygen atoms in total. The van der Waals surface area contributed by atoms with Crippen molar-refractivity contribution < 1.29 is 19.0 Å². The van der Waals surface area contributed by atoms with Gasteiger partial charge in [0.25, 0.3) is 0 Å². The highest BCUT2D eigenvalue weighted by molar-refractivity contribution is 14.1. The van der Waals surface area contributed by atoms with Crippen LogP contribution >= 0.6 is 49.9 Å². The van der Waals surface area contributed by atoms with Crippen molar-refractivity contribution in [3.63, 3.8) is 0 Å². The van der Waals surface area contributed by atoms with Crippen molar-refractivity contribution in [2.24, 2.45) is 4.99 Å². The second-order valence-corrected chi connectivity index (χ2v) is 11.5. The molecule has 11 heteroatoms. The monoisotopic (exact) mass is 696 g/mol. The first-order chi connectivity index (χ1) is 17.9. The minimum Gasteiger partial charge on any atom is -0.464 e. The molecular weight excluding hydrogens is 674 g/mol. The predicted molar refractivity (Wildman–Crippen MR) is 153 cm³/mol. The third-order valence-electron chi connectivity index (χ3n) is 6.37. The Bertz CT molecular complexity index is 1350. The second kappa shape index (κ2) is 11.3. The van der Waals surface area contributed by atoms with E-state index in [0.717, 1.165) is 14.7 Å². The van der Waals surface area contributed by atoms with Gasteiger partial charge in [-0.3, -0.25) is 4.90 Å². The summed E-state index contributed by atoms with van der Waals surface area (Å²) < 4.78 is 21.1. The lowest BCUT2D eigenvalue weighted by Crippen LogP contribution is -2.49. The molecule has 2 aliphatic rings. The van der Waals surface area contributed by atoms with Crippen molar-refractivity contribution in [3.05, 3.63) is 95.8 Å². The molecule has 1 amide bonds. The van der Waals surface area contributed by atoms with Crippen LogP contribution in [0.5, 0.6) is 0 Å². The Morgan fingerprint density at radius 1 is 1.22 bits per heavy atom. The van der Waals surface area contributed by atoms with Crippen LogP contribution < -0.4 is 0 Å². The average Bonchev–Trinajstić information content (AvgIpc) is 3.42. The molecule has 2 aliphatic heterocycles. The fraction of sp³-hybridized carbons (Fsp3) is 0.269. The maximum Gasteiger partial charge on any atom is 0.417 e. The van der Waals surface area contributed by atoms with Gasteiger partial charge in [-0.15, -0.1) is 11.3 Å². The van der Waals surface area contributed by atoms with Crippen LogP contribution in [-0.2, 0) is 16.7 Å². The summed E-state index contributed by atoms with van der Waals surface area (Å²) in [6.45, 7) is 2.95. The van der Waals surface area contributed by atoms with Gasteiger partial charge in [-0.05, 0) is 45.9 Å². The number of carboxylic acid groups (broad SMARTS) is 1. The van der Waals surface area contributed by atoms with E-state index in [4.69, 9.17) is 9.73 Å². The van der Waals surface area contributed by atoms with Crippen LogP contribution in [0, 0.1) is 5.82 Å². The molecule has 3 aromatic rings. The van der Waals surface area contributed by atoms with Crippen molar-refractivity contribution >= 4 is 61.8 Å². The summed E-state index contributed by atoms with van der Waals surface area (Å²) in [6, 6.07) is 14.5. The molecule has 1 saturated heterocycles. The second-order valence-electron chi connectivity index (χ2n) is 8.69. The molecule has 1 atom stereocenters. The molecule has 5 rings (SSSR count). The van der Waals surface area contributed by atoms with Crippen LogP contribution in [0.3, 0.4) is 0 Å². The van der Waals surface area contributed by atoms with Crippen molar-refractivity contribution in [2.75, 3.05) is 32.8 Å². The molecule has 1 fully saturated rings. The molecule has 37 heavy (non-hydrogen) atoms. The topological polar surface area (TPSA) is 78.3 Å². The Balaban J connectivity index is 1.78. The van der Waals surface area contributed by atoms with E-state index in [2.05, 4.69) is 48.4 Å². The molecule has 1 aromatic heterocycles. The van der Waals surface area contributed by atoms with Crippen molar-refractivity contribution in [1.29, 1.82) is 0 Å². The molecule has 0 bridgehead atoms. The molecular formula is C26H23BrFIN4O3S. The zero-order valence-electron chi connectivity index (χ0n) is 19.6. The fourth-order valence-electron chi connectivity index (χ4n) is 4.65. The standard InChI is InChI=1S/C26H23BrFIN4O3S/c27-20-14-18(28)6-7-19(20)26(15-17-4-2-1-3-5-17)22(29)21(16-32-9-11-36-12-10-32)33(25(34)35)23(31-26)24-30-8-13-37-24/h1-8,13-14H,9-12,15-16H2,(H,34,35). The van der Waals surface area contributed by atoms with E-state index in [9.17, 15) is 14.3 Å². The number of halogens is 3. The molecule has 0 saturated carbocycles. The average molecular weight is 697 g/mol. The summed E-state index contributed by atoms with van der Waals surface area (Å²) in [6.07, 6.45) is 0.962. The summed E-state index contributed by atoms with van der Waals surface area (Å²) in [7, 11) is 0. The molecule has 0 spiro atoms. The van der Waals surface area contributed by atoms with Gasteiger partial charge >= 0.3 is 6.09 Å². The first-order valence-electron chi connectivity index (χ1n) is 11.6. The summed E-state index contributed by atoms with van der Waals surface area (Å²) in [5, 5.41) is 12.7. The number of thiazole rings is 1. The van der Waals surface area contributed by atoms with Crippen LogP contribution in [0.25, 0.3) is 0 Å². The van der Waals surface area contributed by atoms with Crippen LogP contribution in [0.2, 0.25) is 0 Å². The summed E-state index contributed by atoms with van der Waals surface area (Å²) in [5.41, 5.74) is 1.37. The number of hydrogen-bond acceptors (Lipinski definition) is 6. The van der Waals surface area contributed by atoms with Crippen LogP contribution in [0.4, 0.5) is 9.18 Å². The smallest absolute Gasteiger partial charge is 0.417 e. The van der Waals surface area contributed by atoms with Gasteiger partial charge in [0.05, 0.1) is 18.9 Å². The largest absolute Gasteiger partial charge is 0.464 e. The van der Waals surface area contributed by atoms with E-state index in [1.807, 2.05) is 30.3 Å². The first-order valence-corrected chi connectivity index (χ1v) is 14.4. The number of ether oxygens (including phenoxy) is 1. The third kappa shape index (κ3) is 5.37. The van der Waals surface area contributed by atoms with Crippen LogP contribution in [-0.4, -0.2) is 64.7 Å². The fourth-order valence-corrected chi connectivity index (χ4v) is 6.95. The summed E-state index contributed by atoms with van der Waals surface area (Å²) in [4.78, 5) is 25.8. The molecule has 0 aliphatic carbocycles. The van der Waals surface area contributed by atoms with Gasteiger partial charge in [0.2, 0.25) is 0 Å². The Morgan fingerprint density at radius 2 is 1.97 bits per heavy atom. The zero-order chi connectivity index (χ0) is 26.0. The van der Waals surface area contributed by atoms with Gasteiger partial charge in [0.15, 0.2) is 10.8 Å². The van der Waals surface area contributed by atoms with E-state index >= 15 is 0 Å². The van der Waals surface area contributed by atoms with Crippen LogP contribution in [0.15, 0.2) is 78.8 Å². The molecule has 0 radical (unpaired) electrons. The van der Waals surface area contributed by atoms with Crippen molar-refractivity contribution in [1.82, 2.24) is 14.8 Å². The highest BCUT2D eigenvalue weighted by atomic mass is 127. The Kier molecular flexibility index (Phi) is 8.05. The van der Waals surface area contributed by atoms with E-state index in [1.54, 1.807) is 17.6 Å². The molecule has 1 unspecified atom stereocenters. The molecule has 1 N–H and O–H groups in total. The van der Waals surface area contributed by atoms with Gasteiger partial charge in [-0.2, -0.15) is 0 Å². The van der Waals surface area contributed by atoms with Crippen molar-refractivity contribution in [2.45, 2.75) is 12.0 Å². The normalized spacial score (nSPS) is 20.7. The van der Waals surface area contributed by atoms with Gasteiger partial charge in [-0.25, -0.2) is 24.1 Å². The number of nitrogens with zero attached hydrogens (tertiary/aromatic N) is 4. The van der Waals surface area contributed by atoms with Crippen LogP contribution in [0.1, 0.15) is 16.1 Å². The summed E-state index contributed by atoms with van der Waals surface area (Å²) >= 11 is 7.16. The van der Waals surface area contributed by atoms with E-state index < -0.39 is 11.6 Å². The lowest BCUT2D eigenvalue weighted by Gasteiger charge is -2.42. The Labute approximate surface area is 239 Å². The number of benzene rings is 2. The lowest BCUT2D eigenvalue weighted by atomic mass is 9.82. The molecule has 192 valence electrons. The Hall–Kier alpha value is -2.19. The van der Waals surface area contributed by atoms with Gasteiger partial charge in [0.1, 0.15) is 11.4 Å². The number of amides is 1. The van der Waals surface area contributed by atoms with E-state index in [-0.39, 0.29) is 11.7 Å². The SMILES string of the molecule is O=C(O)N1C(c2nccs2)=NC(Cc2ccccc2)(c2ccc(F)cc2Br)C(I)=C1CN1CCOCC1. The van der Waals surface area contributed by atoms with Crippen molar-refractivity contribution in [3.8, 4) is 0 Å². The number of rotatable bonds is 6. The van der Waals surface area contributed by atoms with E-state index in [1.165, 1.54) is 28.4 Å². The number of hydrogen-bond donors (Lipinski definition) is 1. The number of carbonyl (C=O) groups is 1. The zero-order valence-corrected chi connectivity index (χ0v) is 24.2. The highest BCUT2D eigenvalue weighted by Gasteiger charge is 2.46. The summed E-state index contributed by atoms with van der Waals surface area (Å²) in [5.74, 6) is -0.108. The molecule has 2 aromatic carbocycles. The third-order valence-corrected chi connectivity index (χ3v) is 9.31. The van der Waals surface area contributed by atoms with Gasteiger partial charge in [-0.1, -0.05) is 52.3 Å². The van der Waals surface area contributed by atoms with E-state index in [0.29, 0.717) is 54.4 Å². The molecule has 3 heterocycles. The number of amidine groups is 1.